The van der Waals surface area contributed by atoms with Gasteiger partial charge in [-0.05, 0) is 54.5 Å². The van der Waals surface area contributed by atoms with Crippen molar-refractivity contribution in [3.8, 4) is 0 Å². The minimum atomic E-state index is -4.54. The molecule has 2 aromatic rings. The van der Waals surface area contributed by atoms with Crippen LogP contribution in [0, 0.1) is 0 Å². The van der Waals surface area contributed by atoms with Gasteiger partial charge in [0.15, 0.2) is 0 Å². The first-order chi connectivity index (χ1) is 15.5. The van der Waals surface area contributed by atoms with E-state index in [1.165, 1.54) is 12.3 Å². The van der Waals surface area contributed by atoms with Crippen molar-refractivity contribution < 1.29 is 27.9 Å². The molecule has 33 heavy (non-hydrogen) atoms. The number of carbonyl (C=O) groups is 2. The molecule has 1 amide bonds. The van der Waals surface area contributed by atoms with Gasteiger partial charge in [0.25, 0.3) is 0 Å². The zero-order valence-corrected chi connectivity index (χ0v) is 18.1. The van der Waals surface area contributed by atoms with Gasteiger partial charge >= 0.3 is 12.1 Å². The Morgan fingerprint density at radius 1 is 1.15 bits per heavy atom. The summed E-state index contributed by atoms with van der Waals surface area (Å²) in [4.78, 5) is 28.6. The van der Waals surface area contributed by atoms with Crippen LogP contribution in [0.5, 0.6) is 0 Å². The van der Waals surface area contributed by atoms with Gasteiger partial charge in [0.05, 0.1) is 11.3 Å². The number of alkyl halides is 3. The SMILES string of the molecule is C=C(N=C/C=C(\N)c1cccc(Cl)c1)N(C(=O)CCCC(=O)O)c1ccc(C(F)(F)F)cc1. The molecular formula is C23H21ClF3N3O3. The largest absolute Gasteiger partial charge is 0.481 e. The molecule has 2 aromatic carbocycles. The van der Waals surface area contributed by atoms with E-state index in [0.717, 1.165) is 29.2 Å². The highest BCUT2D eigenvalue weighted by molar-refractivity contribution is 6.30. The maximum atomic E-state index is 12.9. The van der Waals surface area contributed by atoms with Crippen LogP contribution in [0.4, 0.5) is 18.9 Å². The maximum Gasteiger partial charge on any atom is 0.416 e. The van der Waals surface area contributed by atoms with Crippen LogP contribution >= 0.6 is 11.6 Å². The Hall–Kier alpha value is -3.59. The lowest BCUT2D eigenvalue weighted by Gasteiger charge is -2.22. The van der Waals surface area contributed by atoms with Crippen molar-refractivity contribution in [1.29, 1.82) is 0 Å². The molecule has 0 saturated heterocycles. The number of carboxylic acid groups (broad SMARTS) is 1. The van der Waals surface area contributed by atoms with E-state index in [-0.39, 0.29) is 30.8 Å². The fraction of sp³-hybridized carbons (Fsp3) is 0.174. The standard InChI is InChI=1S/C23H21ClF3N3O3/c1-15(29-13-12-20(28)16-4-2-5-18(24)14-16)30(21(31)6-3-7-22(32)33)19-10-8-17(9-11-19)23(25,26)27/h2,4-5,8-14H,1,3,6-7,28H2,(H,32,33)/b20-12-,29-13?. The second-order valence-corrected chi connectivity index (χ2v) is 7.28. The average molecular weight is 480 g/mol. The third-order valence-corrected chi connectivity index (χ3v) is 4.61. The molecule has 0 saturated carbocycles. The minimum absolute atomic E-state index is 0.0455. The first-order valence-corrected chi connectivity index (χ1v) is 10.0. The zero-order chi connectivity index (χ0) is 24.6. The summed E-state index contributed by atoms with van der Waals surface area (Å²) < 4.78 is 38.7. The Labute approximate surface area is 193 Å². The van der Waals surface area contributed by atoms with Crippen molar-refractivity contribution in [2.24, 2.45) is 10.7 Å². The number of aliphatic imine (C=N–C) groups is 1. The molecule has 0 radical (unpaired) electrons. The third-order valence-electron chi connectivity index (χ3n) is 4.38. The summed E-state index contributed by atoms with van der Waals surface area (Å²) in [7, 11) is 0. The van der Waals surface area contributed by atoms with Crippen LogP contribution in [0.15, 0.2) is 72.0 Å². The minimum Gasteiger partial charge on any atom is -0.481 e. The van der Waals surface area contributed by atoms with E-state index < -0.39 is 23.6 Å². The summed E-state index contributed by atoms with van der Waals surface area (Å²) in [5.74, 6) is -1.71. The van der Waals surface area contributed by atoms with Crippen LogP contribution in [0.2, 0.25) is 5.02 Å². The molecule has 10 heteroatoms. The van der Waals surface area contributed by atoms with Gasteiger partial charge in [0.2, 0.25) is 5.91 Å². The lowest BCUT2D eigenvalue weighted by molar-refractivity contribution is -0.138. The van der Waals surface area contributed by atoms with E-state index >= 15 is 0 Å². The second kappa shape index (κ2) is 11.3. The van der Waals surface area contributed by atoms with Crippen molar-refractivity contribution in [2.45, 2.75) is 25.4 Å². The average Bonchev–Trinajstić information content (AvgIpc) is 2.73. The van der Waals surface area contributed by atoms with E-state index in [1.807, 2.05) is 0 Å². The molecule has 0 bridgehead atoms. The molecule has 0 atom stereocenters. The molecule has 0 aliphatic carbocycles. The highest BCUT2D eigenvalue weighted by Crippen LogP contribution is 2.31. The number of benzene rings is 2. The van der Waals surface area contributed by atoms with Crippen LogP contribution in [0.25, 0.3) is 5.70 Å². The summed E-state index contributed by atoms with van der Waals surface area (Å²) in [5.41, 5.74) is 6.20. The molecule has 0 unspecified atom stereocenters. The Morgan fingerprint density at radius 3 is 2.39 bits per heavy atom. The van der Waals surface area contributed by atoms with Crippen LogP contribution in [-0.4, -0.2) is 23.2 Å². The van der Waals surface area contributed by atoms with Crippen LogP contribution in [-0.2, 0) is 15.8 Å². The summed E-state index contributed by atoms with van der Waals surface area (Å²) in [6.07, 6.45) is -2.14. The predicted molar refractivity (Wildman–Crippen MR) is 122 cm³/mol. The fourth-order valence-corrected chi connectivity index (χ4v) is 2.95. The van der Waals surface area contributed by atoms with Gasteiger partial charge in [0, 0.05) is 29.8 Å². The normalized spacial score (nSPS) is 12.1. The third kappa shape index (κ3) is 7.80. The highest BCUT2D eigenvalue weighted by Gasteiger charge is 2.30. The van der Waals surface area contributed by atoms with Crippen molar-refractivity contribution in [3.63, 3.8) is 0 Å². The quantitative estimate of drug-likeness (QED) is 0.465. The molecule has 0 aliphatic rings. The topological polar surface area (TPSA) is 96.0 Å². The smallest absolute Gasteiger partial charge is 0.416 e. The molecule has 3 N–H and O–H groups in total. The van der Waals surface area contributed by atoms with Crippen molar-refractivity contribution >= 4 is 41.1 Å². The number of halogens is 4. The first-order valence-electron chi connectivity index (χ1n) is 9.65. The number of aliphatic carboxylic acids is 1. The lowest BCUT2D eigenvalue weighted by Crippen LogP contribution is -2.29. The molecular weight excluding hydrogens is 459 g/mol. The number of allylic oxidation sites excluding steroid dienone is 1. The van der Waals surface area contributed by atoms with Gasteiger partial charge in [-0.1, -0.05) is 30.3 Å². The number of carboxylic acids is 1. The number of hydrogen-bond donors (Lipinski definition) is 2. The Kier molecular flexibility index (Phi) is 8.81. The van der Waals surface area contributed by atoms with E-state index in [1.54, 1.807) is 24.3 Å². The van der Waals surface area contributed by atoms with E-state index in [0.29, 0.717) is 16.3 Å². The Balaban J connectivity index is 2.27. The summed E-state index contributed by atoms with van der Waals surface area (Å²) in [6.45, 7) is 3.73. The monoisotopic (exact) mass is 479 g/mol. The van der Waals surface area contributed by atoms with Crippen molar-refractivity contribution in [3.05, 3.63) is 83.2 Å². The molecule has 0 fully saturated rings. The Morgan fingerprint density at radius 2 is 1.82 bits per heavy atom. The molecule has 0 aromatic heterocycles. The number of rotatable bonds is 9. The number of nitrogens with two attached hydrogens (primary N) is 1. The van der Waals surface area contributed by atoms with Crippen LogP contribution in [0.1, 0.15) is 30.4 Å². The lowest BCUT2D eigenvalue weighted by atomic mass is 10.1. The summed E-state index contributed by atoms with van der Waals surface area (Å²) >= 11 is 5.94. The van der Waals surface area contributed by atoms with Crippen molar-refractivity contribution in [2.75, 3.05) is 4.90 Å². The summed E-state index contributed by atoms with van der Waals surface area (Å²) in [5, 5.41) is 9.27. The number of hydrogen-bond acceptors (Lipinski definition) is 4. The second-order valence-electron chi connectivity index (χ2n) is 6.85. The molecule has 0 aliphatic heterocycles. The number of carbonyl (C=O) groups excluding carboxylic acids is 1. The van der Waals surface area contributed by atoms with Gasteiger partial charge in [-0.2, -0.15) is 13.2 Å². The number of amides is 1. The molecule has 0 spiro atoms. The van der Waals surface area contributed by atoms with Gasteiger partial charge in [0.1, 0.15) is 5.82 Å². The zero-order valence-electron chi connectivity index (χ0n) is 17.3. The maximum absolute atomic E-state index is 12.9. The van der Waals surface area contributed by atoms with Gasteiger partial charge in [-0.15, -0.1) is 0 Å². The van der Waals surface area contributed by atoms with Gasteiger partial charge < -0.3 is 10.8 Å². The molecule has 2 rings (SSSR count). The highest BCUT2D eigenvalue weighted by atomic mass is 35.5. The van der Waals surface area contributed by atoms with Crippen LogP contribution in [0.3, 0.4) is 0 Å². The first kappa shape index (κ1) is 25.7. The fourth-order valence-electron chi connectivity index (χ4n) is 2.76. The Bertz CT molecular complexity index is 1080. The summed E-state index contributed by atoms with van der Waals surface area (Å²) in [6, 6.07) is 10.7. The van der Waals surface area contributed by atoms with Gasteiger partial charge in [-0.25, -0.2) is 4.99 Å². The van der Waals surface area contributed by atoms with E-state index in [2.05, 4.69) is 11.6 Å². The van der Waals surface area contributed by atoms with E-state index in [4.69, 9.17) is 22.4 Å². The molecule has 174 valence electrons. The molecule has 6 nitrogen and oxygen atoms in total. The van der Waals surface area contributed by atoms with Crippen LogP contribution < -0.4 is 10.6 Å². The number of anilines is 1. The molecule has 0 heterocycles. The van der Waals surface area contributed by atoms with Crippen molar-refractivity contribution in [1.82, 2.24) is 0 Å². The van der Waals surface area contributed by atoms with E-state index in [9.17, 15) is 22.8 Å². The van der Waals surface area contributed by atoms with Gasteiger partial charge in [-0.3, -0.25) is 14.5 Å². The number of nitrogens with zero attached hydrogens (tertiary/aromatic N) is 2. The predicted octanol–water partition coefficient (Wildman–Crippen LogP) is 5.49.